The molecule has 1 aliphatic carbocycles. The van der Waals surface area contributed by atoms with Gasteiger partial charge in [-0.3, -0.25) is 0 Å². The largest absolute Gasteiger partial charge is 0.502 e. The maximum absolute atomic E-state index is 4.49. The lowest BCUT2D eigenvalue weighted by Crippen LogP contribution is -1.90. The summed E-state index contributed by atoms with van der Waals surface area (Å²) in [6, 6.07) is 9.91. The van der Waals surface area contributed by atoms with E-state index < -0.39 is 0 Å². The third kappa shape index (κ3) is 2.19. The van der Waals surface area contributed by atoms with Gasteiger partial charge in [-0.05, 0) is 18.2 Å². The van der Waals surface area contributed by atoms with Gasteiger partial charge < -0.3 is 20.7 Å². The monoisotopic (exact) mass is 244 g/mol. The molecule has 0 N–H and O–H groups in total. The van der Waals surface area contributed by atoms with Gasteiger partial charge in [0.2, 0.25) is 0 Å². The molecule has 14 heavy (non-hydrogen) atoms. The van der Waals surface area contributed by atoms with Crippen LogP contribution in [0, 0.1) is 0 Å². The van der Waals surface area contributed by atoms with Crippen LogP contribution in [0.25, 0.3) is 0 Å². The minimum absolute atomic E-state index is 0.0000926. The molecule has 0 unspecified atom stereocenters. The Morgan fingerprint density at radius 1 is 1.21 bits per heavy atom. The Labute approximate surface area is 91.6 Å². The zero-order chi connectivity index (χ0) is 9.80. The second-order valence-corrected chi connectivity index (χ2v) is 3.79. The van der Waals surface area contributed by atoms with Crippen LogP contribution < -0.4 is 0 Å². The van der Waals surface area contributed by atoms with E-state index in [1.165, 1.54) is 0 Å². The molecule has 0 fully saturated rings. The molecular weight excluding hydrogens is 237 g/mol. The first-order valence-electron chi connectivity index (χ1n) is 4.39. The standard InChI is InChI=1S/C11H8BBrN/c13-12(10-6-4-5-7-10)14-11-8-2-1-3-9-11/h1-6,8-9H/q-1. The van der Waals surface area contributed by atoms with Gasteiger partial charge in [0.25, 0.3) is 0 Å². The van der Waals surface area contributed by atoms with Crippen molar-refractivity contribution >= 4 is 26.8 Å². The number of benzene rings is 1. The Kier molecular flexibility index (Phi) is 2.92. The Hall–Kier alpha value is -1.18. The van der Waals surface area contributed by atoms with Gasteiger partial charge in [0.05, 0.1) is 5.33 Å². The van der Waals surface area contributed by atoms with Gasteiger partial charge >= 0.3 is 0 Å². The second-order valence-electron chi connectivity index (χ2n) is 2.93. The minimum atomic E-state index is -0.0000926. The van der Waals surface area contributed by atoms with Gasteiger partial charge in [0, 0.05) is 5.69 Å². The molecule has 1 nitrogen and oxygen atoms in total. The Morgan fingerprint density at radius 2 is 2.00 bits per heavy atom. The van der Waals surface area contributed by atoms with Crippen LogP contribution in [-0.2, 0) is 0 Å². The predicted molar refractivity (Wildman–Crippen MR) is 63.9 cm³/mol. The summed E-state index contributed by atoms with van der Waals surface area (Å²) in [5.74, 6) is 0. The van der Waals surface area contributed by atoms with E-state index in [1.54, 1.807) is 0 Å². The van der Waals surface area contributed by atoms with Crippen LogP contribution in [0.15, 0.2) is 64.7 Å². The molecule has 0 saturated heterocycles. The van der Waals surface area contributed by atoms with Crippen LogP contribution in [-0.4, -0.2) is 5.33 Å². The molecule has 3 heteroatoms. The number of hydrogen-bond donors (Lipinski definition) is 0. The maximum Gasteiger partial charge on any atom is 0.0683 e. The first-order chi connectivity index (χ1) is 6.86. The molecule has 1 aliphatic rings. The lowest BCUT2D eigenvalue weighted by molar-refractivity contribution is 1.55. The van der Waals surface area contributed by atoms with Crippen molar-refractivity contribution in [1.82, 2.24) is 0 Å². The summed E-state index contributed by atoms with van der Waals surface area (Å²) in [6.07, 6.45) is 5.86. The summed E-state index contributed by atoms with van der Waals surface area (Å²) >= 11 is 3.50. The van der Waals surface area contributed by atoms with Crippen molar-refractivity contribution in [3.63, 3.8) is 0 Å². The number of allylic oxidation sites excluding steroid dienone is 3. The topological polar surface area (TPSA) is 12.4 Å². The van der Waals surface area contributed by atoms with E-state index in [0.717, 1.165) is 11.2 Å². The molecule has 0 aliphatic heterocycles. The number of nitrogens with zero attached hydrogens (tertiary/aromatic N) is 1. The predicted octanol–water partition coefficient (Wildman–Crippen LogP) is 3.66. The molecule has 1 aromatic carbocycles. The average Bonchev–Trinajstić information content (AvgIpc) is 2.72. The highest BCUT2D eigenvalue weighted by molar-refractivity contribution is 9.24. The van der Waals surface area contributed by atoms with E-state index in [0.29, 0.717) is 0 Å². The van der Waals surface area contributed by atoms with Gasteiger partial charge in [0.1, 0.15) is 0 Å². The van der Waals surface area contributed by atoms with Gasteiger partial charge in [-0.15, -0.1) is 0 Å². The molecule has 1 aromatic rings. The molecule has 0 spiro atoms. The number of rotatable bonds is 2. The van der Waals surface area contributed by atoms with Crippen LogP contribution >= 0.6 is 15.8 Å². The van der Waals surface area contributed by atoms with E-state index in [2.05, 4.69) is 26.4 Å². The molecular formula is C11H8BBrN-. The molecule has 0 amide bonds. The first-order valence-corrected chi connectivity index (χ1v) is 5.31. The van der Waals surface area contributed by atoms with Crippen molar-refractivity contribution in [1.29, 1.82) is 0 Å². The quantitative estimate of drug-likeness (QED) is 0.556. The fourth-order valence-corrected chi connectivity index (χ4v) is 1.73. The molecule has 0 atom stereocenters. The van der Waals surface area contributed by atoms with Crippen LogP contribution in [0.5, 0.6) is 0 Å². The zero-order valence-electron chi connectivity index (χ0n) is 7.52. The fraction of sp³-hybridized carbons (Fsp3) is 0. The van der Waals surface area contributed by atoms with Crippen molar-refractivity contribution in [2.24, 2.45) is 4.90 Å². The summed E-state index contributed by atoms with van der Waals surface area (Å²) in [7, 11) is 0. The highest BCUT2D eigenvalue weighted by Gasteiger charge is 1.89. The summed E-state index contributed by atoms with van der Waals surface area (Å²) in [5, 5.41) is -0.0000926. The molecule has 68 valence electrons. The lowest BCUT2D eigenvalue weighted by atomic mass is 9.90. The van der Waals surface area contributed by atoms with Crippen LogP contribution in [0.4, 0.5) is 5.69 Å². The Bertz CT molecular complexity index is 453. The first kappa shape index (κ1) is 9.38. The summed E-state index contributed by atoms with van der Waals surface area (Å²) < 4.78 is 0. The van der Waals surface area contributed by atoms with E-state index in [1.807, 2.05) is 48.6 Å². The van der Waals surface area contributed by atoms with E-state index >= 15 is 0 Å². The fourth-order valence-electron chi connectivity index (χ4n) is 1.21. The molecule has 2 rings (SSSR count). The average molecular weight is 245 g/mol. The van der Waals surface area contributed by atoms with Gasteiger partial charge in [-0.25, -0.2) is 0 Å². The molecule has 0 bridgehead atoms. The van der Waals surface area contributed by atoms with Crippen molar-refractivity contribution in [2.75, 3.05) is 0 Å². The van der Waals surface area contributed by atoms with Crippen molar-refractivity contribution in [3.8, 4) is 0 Å². The minimum Gasteiger partial charge on any atom is -0.502 e. The third-order valence-corrected chi connectivity index (χ3v) is 2.60. The van der Waals surface area contributed by atoms with Crippen LogP contribution in [0.1, 0.15) is 0 Å². The smallest absolute Gasteiger partial charge is 0.0683 e. The second kappa shape index (κ2) is 4.36. The van der Waals surface area contributed by atoms with Gasteiger partial charge in [0.15, 0.2) is 0 Å². The summed E-state index contributed by atoms with van der Waals surface area (Å²) in [4.78, 5) is 4.49. The van der Waals surface area contributed by atoms with Crippen molar-refractivity contribution < 1.29 is 0 Å². The maximum atomic E-state index is 4.49. The normalized spacial score (nSPS) is 14.6. The van der Waals surface area contributed by atoms with Gasteiger partial charge in [-0.1, -0.05) is 30.4 Å². The zero-order valence-corrected chi connectivity index (χ0v) is 9.11. The molecule has 0 aromatic heterocycles. The summed E-state index contributed by atoms with van der Waals surface area (Å²) in [5.41, 5.74) is 5.16. The number of hydrogen-bond acceptors (Lipinski definition) is 1. The highest BCUT2D eigenvalue weighted by atomic mass is 79.9. The van der Waals surface area contributed by atoms with Gasteiger partial charge in [-0.2, -0.15) is 11.2 Å². The van der Waals surface area contributed by atoms with Crippen LogP contribution in [0.2, 0.25) is 0 Å². The van der Waals surface area contributed by atoms with E-state index in [4.69, 9.17) is 0 Å². The molecule has 0 saturated carbocycles. The SMILES string of the molecule is Br[B-](=Nc1ccccc1)C1=C=CC=C1. The van der Waals surface area contributed by atoms with E-state index in [9.17, 15) is 0 Å². The lowest BCUT2D eigenvalue weighted by Gasteiger charge is -2.08. The Morgan fingerprint density at radius 3 is 2.64 bits per heavy atom. The third-order valence-electron chi connectivity index (χ3n) is 1.90. The van der Waals surface area contributed by atoms with Crippen molar-refractivity contribution in [3.05, 3.63) is 59.8 Å². The van der Waals surface area contributed by atoms with E-state index in [-0.39, 0.29) is 5.33 Å². The number of halogens is 1. The molecule has 0 radical (unpaired) electrons. The highest BCUT2D eigenvalue weighted by Crippen LogP contribution is 2.15. The summed E-state index contributed by atoms with van der Waals surface area (Å²) in [6.45, 7) is 0. The van der Waals surface area contributed by atoms with Crippen LogP contribution in [0.3, 0.4) is 0 Å². The Balaban J connectivity index is 2.28. The molecule has 0 heterocycles. The van der Waals surface area contributed by atoms with Crippen molar-refractivity contribution in [2.45, 2.75) is 0 Å².